The van der Waals surface area contributed by atoms with Gasteiger partial charge in [0.2, 0.25) is 0 Å². The molecule has 0 radical (unpaired) electrons. The summed E-state index contributed by atoms with van der Waals surface area (Å²) < 4.78 is 0. The summed E-state index contributed by atoms with van der Waals surface area (Å²) in [5.74, 6) is 1.22. The van der Waals surface area contributed by atoms with E-state index in [0.29, 0.717) is 22.1 Å². The minimum atomic E-state index is -0.819. The third-order valence-corrected chi connectivity index (χ3v) is 7.33. The van der Waals surface area contributed by atoms with Gasteiger partial charge in [-0.25, -0.2) is 4.79 Å². The largest absolute Gasteiger partial charge is 0.477 e. The second-order valence-electron chi connectivity index (χ2n) is 7.31. The number of alkyl halides is 1. The normalized spacial score (nSPS) is 28.1. The van der Waals surface area contributed by atoms with Crippen molar-refractivity contribution in [2.45, 2.75) is 63.2 Å². The number of halogens is 1. The molecule has 4 heteroatoms. The molecule has 2 nitrogen and oxygen atoms in total. The average molecular weight is 367 g/mol. The fraction of sp³-hybridized carbons (Fsp3) is 0.650. The minimum Gasteiger partial charge on any atom is -0.477 e. The van der Waals surface area contributed by atoms with Crippen LogP contribution in [0, 0.1) is 17.8 Å². The van der Waals surface area contributed by atoms with Crippen LogP contribution in [0.2, 0.25) is 0 Å². The van der Waals surface area contributed by atoms with Crippen molar-refractivity contribution >= 4 is 28.9 Å². The number of carbonyl (C=O) groups is 1. The highest BCUT2D eigenvalue weighted by molar-refractivity contribution is 7.13. The first-order valence-corrected chi connectivity index (χ1v) is 10.5. The molecule has 1 aromatic heterocycles. The van der Waals surface area contributed by atoms with Gasteiger partial charge < -0.3 is 5.11 Å². The van der Waals surface area contributed by atoms with E-state index in [9.17, 15) is 4.79 Å². The summed E-state index contributed by atoms with van der Waals surface area (Å²) in [6, 6.07) is 3.67. The number of carboxylic acids is 1. The summed E-state index contributed by atoms with van der Waals surface area (Å²) >= 11 is 7.99. The van der Waals surface area contributed by atoms with Gasteiger partial charge >= 0.3 is 5.97 Å². The molecule has 0 bridgehead atoms. The Morgan fingerprint density at radius 1 is 1.21 bits per heavy atom. The van der Waals surface area contributed by atoms with Crippen LogP contribution >= 0.6 is 22.9 Å². The molecule has 3 atom stereocenters. The summed E-state index contributed by atoms with van der Waals surface area (Å²) in [5.41, 5.74) is 0. The van der Waals surface area contributed by atoms with Gasteiger partial charge in [-0.3, -0.25) is 0 Å². The van der Waals surface area contributed by atoms with Crippen LogP contribution in [0.3, 0.4) is 0 Å². The Kier molecular flexibility index (Phi) is 6.40. The molecule has 2 saturated carbocycles. The highest BCUT2D eigenvalue weighted by Crippen LogP contribution is 2.40. The fourth-order valence-corrected chi connectivity index (χ4v) is 5.60. The zero-order chi connectivity index (χ0) is 16.9. The third kappa shape index (κ3) is 4.64. The van der Waals surface area contributed by atoms with Crippen molar-refractivity contribution in [1.29, 1.82) is 0 Å². The Hall–Kier alpha value is -0.800. The molecule has 1 aromatic rings. The highest BCUT2D eigenvalue weighted by Gasteiger charge is 2.33. The van der Waals surface area contributed by atoms with Crippen LogP contribution in [0.1, 0.15) is 65.9 Å². The van der Waals surface area contributed by atoms with E-state index in [1.54, 1.807) is 6.07 Å². The Balaban J connectivity index is 1.49. The topological polar surface area (TPSA) is 37.3 Å². The lowest BCUT2D eigenvalue weighted by Crippen LogP contribution is -2.14. The first-order chi connectivity index (χ1) is 11.6. The first-order valence-electron chi connectivity index (χ1n) is 9.28. The average Bonchev–Trinajstić information content (AvgIpc) is 3.28. The lowest BCUT2D eigenvalue weighted by molar-refractivity contribution is 0.0702. The molecule has 0 aliphatic heterocycles. The molecule has 2 aliphatic rings. The molecule has 24 heavy (non-hydrogen) atoms. The molecular formula is C20H27ClO2S. The number of aromatic carboxylic acids is 1. The molecule has 2 fully saturated rings. The zero-order valence-electron chi connectivity index (χ0n) is 14.1. The lowest BCUT2D eigenvalue weighted by Gasteiger charge is -2.19. The summed E-state index contributed by atoms with van der Waals surface area (Å²) in [4.78, 5) is 12.6. The van der Waals surface area contributed by atoms with E-state index in [1.165, 1.54) is 48.3 Å². The van der Waals surface area contributed by atoms with Crippen molar-refractivity contribution < 1.29 is 9.90 Å². The molecule has 1 N–H and O–H groups in total. The van der Waals surface area contributed by atoms with E-state index < -0.39 is 5.97 Å². The van der Waals surface area contributed by atoms with E-state index in [0.717, 1.165) is 31.6 Å². The predicted molar refractivity (Wildman–Crippen MR) is 101 cm³/mol. The first kappa shape index (κ1) is 18.0. The number of rotatable bonds is 7. The fourth-order valence-electron chi connectivity index (χ4n) is 4.27. The summed E-state index contributed by atoms with van der Waals surface area (Å²) in [6.07, 6.45) is 16.0. The quantitative estimate of drug-likeness (QED) is 0.464. The van der Waals surface area contributed by atoms with Gasteiger partial charge in [-0.2, -0.15) is 0 Å². The summed E-state index contributed by atoms with van der Waals surface area (Å²) in [6.45, 7) is 0. The molecule has 3 rings (SSSR count). The minimum absolute atomic E-state index is 0.307. The molecule has 2 aliphatic carbocycles. The van der Waals surface area contributed by atoms with Crippen LogP contribution < -0.4 is 0 Å². The van der Waals surface area contributed by atoms with Crippen molar-refractivity contribution in [1.82, 2.24) is 0 Å². The van der Waals surface area contributed by atoms with Gasteiger partial charge in [-0.05, 0) is 74.8 Å². The maximum absolute atomic E-state index is 10.9. The van der Waals surface area contributed by atoms with Gasteiger partial charge in [0.25, 0.3) is 0 Å². The molecule has 0 aromatic carbocycles. The van der Waals surface area contributed by atoms with E-state index in [-0.39, 0.29) is 0 Å². The Labute approximate surface area is 153 Å². The molecule has 0 amide bonds. The number of thiophene rings is 1. The number of hydrogen-bond donors (Lipinski definition) is 1. The monoisotopic (exact) mass is 366 g/mol. The second kappa shape index (κ2) is 8.53. The maximum atomic E-state index is 10.9. The molecule has 132 valence electrons. The van der Waals surface area contributed by atoms with Gasteiger partial charge in [0.05, 0.1) is 0 Å². The van der Waals surface area contributed by atoms with E-state index in [1.807, 2.05) is 6.07 Å². The number of aryl methyl sites for hydroxylation is 1. The molecular weight excluding hydrogens is 340 g/mol. The van der Waals surface area contributed by atoms with Gasteiger partial charge in [0.1, 0.15) is 4.88 Å². The standard InChI is InChI=1S/C20H27ClO2S/c21-18-12-10-15(9-8-14-4-1-2-5-14)17(18)7-3-6-16-11-13-19(24-16)20(22)23/h8-9,11,13-15,17-18H,1-7,10,12H2,(H,22,23)/b9-8+/t15?,17-,18?/m1/s1. The van der Waals surface area contributed by atoms with Gasteiger partial charge in [-0.1, -0.05) is 25.0 Å². The Bertz CT molecular complexity index is 574. The lowest BCUT2D eigenvalue weighted by atomic mass is 9.89. The molecule has 0 spiro atoms. The van der Waals surface area contributed by atoms with Crippen LogP contribution in [0.15, 0.2) is 24.3 Å². The van der Waals surface area contributed by atoms with Crippen molar-refractivity contribution in [3.63, 3.8) is 0 Å². The predicted octanol–water partition coefficient (Wildman–Crippen LogP) is 6.15. The molecule has 1 heterocycles. The van der Waals surface area contributed by atoms with Crippen molar-refractivity contribution in [3.05, 3.63) is 34.0 Å². The van der Waals surface area contributed by atoms with E-state index >= 15 is 0 Å². The Morgan fingerprint density at radius 3 is 2.71 bits per heavy atom. The van der Waals surface area contributed by atoms with Crippen molar-refractivity contribution in [2.75, 3.05) is 0 Å². The number of carboxylic acid groups (broad SMARTS) is 1. The third-order valence-electron chi connectivity index (χ3n) is 5.65. The number of allylic oxidation sites excluding steroid dienone is 2. The summed E-state index contributed by atoms with van der Waals surface area (Å²) in [5, 5.41) is 9.31. The van der Waals surface area contributed by atoms with Crippen molar-refractivity contribution in [3.8, 4) is 0 Å². The van der Waals surface area contributed by atoms with Gasteiger partial charge in [0.15, 0.2) is 0 Å². The van der Waals surface area contributed by atoms with Crippen molar-refractivity contribution in [2.24, 2.45) is 17.8 Å². The summed E-state index contributed by atoms with van der Waals surface area (Å²) in [7, 11) is 0. The highest BCUT2D eigenvalue weighted by atomic mass is 35.5. The number of hydrogen-bond acceptors (Lipinski definition) is 2. The van der Waals surface area contributed by atoms with Crippen LogP contribution in [-0.2, 0) is 6.42 Å². The second-order valence-corrected chi connectivity index (χ2v) is 9.04. The molecule has 0 saturated heterocycles. The van der Waals surface area contributed by atoms with Crippen LogP contribution in [0.25, 0.3) is 0 Å². The van der Waals surface area contributed by atoms with E-state index in [2.05, 4.69) is 12.2 Å². The SMILES string of the molecule is O=C(O)c1ccc(CCC[C@H]2C(Cl)CCC2/C=C/C2CCCC2)s1. The smallest absolute Gasteiger partial charge is 0.345 e. The molecule has 2 unspecified atom stereocenters. The van der Waals surface area contributed by atoms with E-state index in [4.69, 9.17) is 16.7 Å². The van der Waals surface area contributed by atoms with Crippen LogP contribution in [0.4, 0.5) is 0 Å². The maximum Gasteiger partial charge on any atom is 0.345 e. The van der Waals surface area contributed by atoms with Crippen LogP contribution in [-0.4, -0.2) is 16.5 Å². The zero-order valence-corrected chi connectivity index (χ0v) is 15.7. The van der Waals surface area contributed by atoms with Gasteiger partial charge in [0, 0.05) is 10.3 Å². The Morgan fingerprint density at radius 2 is 2.00 bits per heavy atom. The van der Waals surface area contributed by atoms with Crippen LogP contribution in [0.5, 0.6) is 0 Å². The van der Waals surface area contributed by atoms with Gasteiger partial charge in [-0.15, -0.1) is 22.9 Å².